The fourth-order valence-corrected chi connectivity index (χ4v) is 9.54. The Morgan fingerprint density at radius 2 is 0.779 bits per heavy atom. The van der Waals surface area contributed by atoms with Crippen LogP contribution >= 0.6 is 0 Å². The molecule has 0 bridgehead atoms. The molecule has 9 heteroatoms. The summed E-state index contributed by atoms with van der Waals surface area (Å²) in [6.45, 7) is 20.9. The number of carbonyl (C=O) groups excluding carboxylic acids is 4. The number of nitrogens with zero attached hydrogens (tertiary/aromatic N) is 2. The van der Waals surface area contributed by atoms with Crippen molar-refractivity contribution in [2.75, 3.05) is 45.9 Å². The number of hydrogen-bond donors (Lipinski definition) is 1. The summed E-state index contributed by atoms with van der Waals surface area (Å²) in [6, 6.07) is -0.446. The van der Waals surface area contributed by atoms with Gasteiger partial charge < -0.3 is 24.6 Å². The molecular weight excluding hydrogens is 847 g/mol. The average molecular weight is 963 g/mol. The van der Waals surface area contributed by atoms with Gasteiger partial charge in [-0.3, -0.25) is 19.2 Å². The molecule has 0 aromatic carbocycles. The molecule has 0 heterocycles. The third-order valence-electron chi connectivity index (χ3n) is 14.3. The van der Waals surface area contributed by atoms with Gasteiger partial charge in [0.05, 0.1) is 13.2 Å². The topological polar surface area (TPSA) is 105 Å². The van der Waals surface area contributed by atoms with Crippen LogP contribution in [0.5, 0.6) is 0 Å². The predicted molar refractivity (Wildman–Crippen MR) is 289 cm³/mol. The molecule has 0 aliphatic rings. The van der Waals surface area contributed by atoms with Gasteiger partial charge in [0.15, 0.2) is 0 Å². The molecule has 0 saturated carbocycles. The van der Waals surface area contributed by atoms with Gasteiger partial charge >= 0.3 is 11.9 Å². The Kier molecular flexibility index (Phi) is 48.2. The van der Waals surface area contributed by atoms with Gasteiger partial charge in [-0.15, -0.1) is 0 Å². The second-order valence-electron chi connectivity index (χ2n) is 20.6. The molecule has 0 aromatic rings. The van der Waals surface area contributed by atoms with Gasteiger partial charge in [0.2, 0.25) is 11.8 Å². The fourth-order valence-electron chi connectivity index (χ4n) is 9.54. The van der Waals surface area contributed by atoms with Crippen molar-refractivity contribution in [3.63, 3.8) is 0 Å². The summed E-state index contributed by atoms with van der Waals surface area (Å²) in [5.41, 5.74) is 0. The van der Waals surface area contributed by atoms with Crippen LogP contribution in [0.25, 0.3) is 0 Å². The van der Waals surface area contributed by atoms with E-state index >= 15 is 0 Å². The molecule has 402 valence electrons. The molecule has 68 heavy (non-hydrogen) atoms. The van der Waals surface area contributed by atoms with Crippen molar-refractivity contribution in [2.24, 2.45) is 11.8 Å². The van der Waals surface area contributed by atoms with E-state index in [-0.39, 0.29) is 23.8 Å². The van der Waals surface area contributed by atoms with Crippen molar-refractivity contribution in [1.82, 2.24) is 15.1 Å². The molecule has 0 rings (SSSR count). The van der Waals surface area contributed by atoms with E-state index in [9.17, 15) is 19.2 Å². The zero-order chi connectivity index (χ0) is 50.1. The van der Waals surface area contributed by atoms with Gasteiger partial charge in [-0.05, 0) is 95.7 Å². The molecule has 2 amide bonds. The van der Waals surface area contributed by atoms with Gasteiger partial charge in [0, 0.05) is 32.4 Å². The SMILES string of the molecule is CCCCCCCCN(C(=O)CCCCCCCC(=O)OCC(CCCC)CCCCCC)C(CCCCCCCCC(=O)OCC(CCCC)CCCCCC)C(=O)NCCCN(CC)CC. The van der Waals surface area contributed by atoms with Gasteiger partial charge in [0.25, 0.3) is 0 Å². The van der Waals surface area contributed by atoms with Crippen LogP contribution in [0.4, 0.5) is 0 Å². The van der Waals surface area contributed by atoms with Crippen LogP contribution in [-0.4, -0.2) is 85.5 Å². The van der Waals surface area contributed by atoms with E-state index < -0.39 is 6.04 Å². The predicted octanol–water partition coefficient (Wildman–Crippen LogP) is 15.9. The first-order valence-corrected chi connectivity index (χ1v) is 29.8. The maximum absolute atomic E-state index is 14.1. The van der Waals surface area contributed by atoms with Crippen LogP contribution in [0.2, 0.25) is 0 Å². The van der Waals surface area contributed by atoms with Crippen LogP contribution in [0.3, 0.4) is 0 Å². The fraction of sp³-hybridized carbons (Fsp3) is 0.932. The first-order chi connectivity index (χ1) is 33.2. The smallest absolute Gasteiger partial charge is 0.305 e. The number of carbonyl (C=O) groups is 4. The molecule has 0 aromatic heterocycles. The minimum absolute atomic E-state index is 0.000323. The number of hydrogen-bond acceptors (Lipinski definition) is 7. The molecule has 0 aliphatic carbocycles. The normalized spacial score (nSPS) is 12.8. The molecule has 0 fully saturated rings. The second-order valence-corrected chi connectivity index (χ2v) is 20.6. The molecule has 3 atom stereocenters. The minimum Gasteiger partial charge on any atom is -0.465 e. The van der Waals surface area contributed by atoms with E-state index in [0.717, 1.165) is 135 Å². The quantitative estimate of drug-likeness (QED) is 0.0478. The van der Waals surface area contributed by atoms with Crippen LogP contribution in [-0.2, 0) is 28.7 Å². The Morgan fingerprint density at radius 3 is 1.25 bits per heavy atom. The monoisotopic (exact) mass is 962 g/mol. The van der Waals surface area contributed by atoms with Crippen LogP contribution in [0.15, 0.2) is 0 Å². The molecule has 0 saturated heterocycles. The number of ether oxygens (including phenoxy) is 2. The summed E-state index contributed by atoms with van der Waals surface area (Å²) in [4.78, 5) is 57.7. The first kappa shape index (κ1) is 65.8. The summed E-state index contributed by atoms with van der Waals surface area (Å²) in [6.07, 6.45) is 39.7. The lowest BCUT2D eigenvalue weighted by molar-refractivity contribution is -0.146. The van der Waals surface area contributed by atoms with E-state index in [1.807, 2.05) is 4.90 Å². The Balaban J connectivity index is 5.24. The van der Waals surface area contributed by atoms with E-state index in [0.29, 0.717) is 63.8 Å². The third-order valence-corrected chi connectivity index (χ3v) is 14.3. The summed E-state index contributed by atoms with van der Waals surface area (Å²) in [5.74, 6) is 0.977. The van der Waals surface area contributed by atoms with Crippen molar-refractivity contribution < 1.29 is 28.7 Å². The number of esters is 2. The van der Waals surface area contributed by atoms with Gasteiger partial charge in [-0.1, -0.05) is 209 Å². The van der Waals surface area contributed by atoms with Gasteiger partial charge in [-0.25, -0.2) is 0 Å². The summed E-state index contributed by atoms with van der Waals surface area (Å²) in [5, 5.41) is 3.26. The number of unbranched alkanes of at least 4 members (excludes halogenated alkanes) is 22. The molecule has 0 spiro atoms. The van der Waals surface area contributed by atoms with Crippen LogP contribution in [0.1, 0.15) is 292 Å². The lowest BCUT2D eigenvalue weighted by atomic mass is 9.96. The molecule has 0 aliphatic heterocycles. The Labute approximate surface area is 422 Å². The molecular formula is C59H115N3O6. The zero-order valence-electron chi connectivity index (χ0n) is 46.4. The van der Waals surface area contributed by atoms with E-state index in [1.54, 1.807) is 0 Å². The van der Waals surface area contributed by atoms with E-state index in [4.69, 9.17) is 9.47 Å². The summed E-state index contributed by atoms with van der Waals surface area (Å²) >= 11 is 0. The van der Waals surface area contributed by atoms with Gasteiger partial charge in [-0.2, -0.15) is 0 Å². The van der Waals surface area contributed by atoms with Gasteiger partial charge in [0.1, 0.15) is 6.04 Å². The number of rotatable bonds is 52. The third kappa shape index (κ3) is 39.5. The highest BCUT2D eigenvalue weighted by molar-refractivity contribution is 5.87. The lowest BCUT2D eigenvalue weighted by Crippen LogP contribution is -2.50. The van der Waals surface area contributed by atoms with Crippen LogP contribution in [0, 0.1) is 11.8 Å². The summed E-state index contributed by atoms with van der Waals surface area (Å²) < 4.78 is 11.5. The van der Waals surface area contributed by atoms with Crippen molar-refractivity contribution in [2.45, 2.75) is 298 Å². The Bertz CT molecular complexity index is 1150. The lowest BCUT2D eigenvalue weighted by Gasteiger charge is -2.32. The second kappa shape index (κ2) is 49.8. The molecule has 0 radical (unpaired) electrons. The van der Waals surface area contributed by atoms with E-state index in [1.165, 1.54) is 103 Å². The van der Waals surface area contributed by atoms with Crippen molar-refractivity contribution in [3.05, 3.63) is 0 Å². The largest absolute Gasteiger partial charge is 0.465 e. The van der Waals surface area contributed by atoms with Crippen molar-refractivity contribution >= 4 is 23.8 Å². The maximum Gasteiger partial charge on any atom is 0.305 e. The maximum atomic E-state index is 14.1. The Morgan fingerprint density at radius 1 is 0.397 bits per heavy atom. The molecule has 3 unspecified atom stereocenters. The number of amides is 2. The highest BCUT2D eigenvalue weighted by Crippen LogP contribution is 2.22. The molecule has 9 nitrogen and oxygen atoms in total. The van der Waals surface area contributed by atoms with Crippen molar-refractivity contribution in [1.29, 1.82) is 0 Å². The highest BCUT2D eigenvalue weighted by atomic mass is 16.5. The zero-order valence-corrected chi connectivity index (χ0v) is 46.4. The van der Waals surface area contributed by atoms with E-state index in [2.05, 4.69) is 58.7 Å². The average Bonchev–Trinajstić information content (AvgIpc) is 3.34. The number of nitrogens with one attached hydrogen (secondary N) is 1. The summed E-state index contributed by atoms with van der Waals surface area (Å²) in [7, 11) is 0. The standard InChI is InChI=1S/C59H115N3O6/c1-8-15-20-23-31-38-50-62(56(63)45-35-28-26-30-37-47-58(65)68-52-54(41-19-12-5)43-33-22-17-10-3)55(59(66)60-48-39-49-61(13-6)14-7)44-34-27-24-25-29-36-46-57(64)67-51-53(40-18-11-4)42-32-21-16-9-2/h53-55H,8-52H2,1-7H3,(H,60,66). The van der Waals surface area contributed by atoms with Crippen molar-refractivity contribution in [3.8, 4) is 0 Å². The van der Waals surface area contributed by atoms with Crippen LogP contribution < -0.4 is 5.32 Å². The minimum atomic E-state index is -0.446. The molecule has 1 N–H and O–H groups in total. The first-order valence-electron chi connectivity index (χ1n) is 29.8. The highest BCUT2D eigenvalue weighted by Gasteiger charge is 2.29. The Hall–Kier alpha value is -2.16.